The van der Waals surface area contributed by atoms with Crippen LogP contribution in [-0.2, 0) is 15.0 Å². The molecule has 0 saturated heterocycles. The fraction of sp³-hybridized carbons (Fsp3) is 0.300. The number of hydrogen-bond donors (Lipinski definition) is 2. The number of nitrogens with one attached hydrogen (secondary N) is 1. The minimum atomic E-state index is -4.01. The molecular formula is C10H12ClFN2O4S. The van der Waals surface area contributed by atoms with Gasteiger partial charge in [-0.2, -0.15) is 12.7 Å². The van der Waals surface area contributed by atoms with E-state index in [1.807, 2.05) is 4.72 Å². The number of hydrogen-bond acceptors (Lipinski definition) is 3. The Balaban J connectivity index is 2.81. The Morgan fingerprint density at radius 1 is 1.53 bits per heavy atom. The summed E-state index contributed by atoms with van der Waals surface area (Å²) in [5.41, 5.74) is -0.258. The second-order valence-electron chi connectivity index (χ2n) is 3.70. The molecule has 0 heterocycles. The molecule has 0 spiro atoms. The molecule has 0 amide bonds. The lowest BCUT2D eigenvalue weighted by molar-refractivity contribution is -0.137. The van der Waals surface area contributed by atoms with Crippen LogP contribution in [0.5, 0.6) is 0 Å². The van der Waals surface area contributed by atoms with Gasteiger partial charge in [-0.05, 0) is 18.2 Å². The first-order chi connectivity index (χ1) is 8.72. The average Bonchev–Trinajstić information content (AvgIpc) is 2.29. The largest absolute Gasteiger partial charge is 0.481 e. The second-order valence-corrected chi connectivity index (χ2v) is 5.91. The van der Waals surface area contributed by atoms with Crippen molar-refractivity contribution in [1.29, 1.82) is 0 Å². The maximum atomic E-state index is 13.4. The van der Waals surface area contributed by atoms with Gasteiger partial charge in [-0.1, -0.05) is 11.6 Å². The monoisotopic (exact) mass is 310 g/mol. The van der Waals surface area contributed by atoms with Crippen molar-refractivity contribution < 1.29 is 22.7 Å². The van der Waals surface area contributed by atoms with Crippen LogP contribution < -0.4 is 4.72 Å². The smallest absolute Gasteiger partial charge is 0.304 e. The fourth-order valence-electron chi connectivity index (χ4n) is 1.16. The van der Waals surface area contributed by atoms with Crippen molar-refractivity contribution in [3.05, 3.63) is 29.0 Å². The Labute approximate surface area is 115 Å². The van der Waals surface area contributed by atoms with Crippen LogP contribution in [0.15, 0.2) is 18.2 Å². The van der Waals surface area contributed by atoms with Crippen molar-refractivity contribution in [2.24, 2.45) is 0 Å². The summed E-state index contributed by atoms with van der Waals surface area (Å²) in [6.07, 6.45) is -0.347. The lowest BCUT2D eigenvalue weighted by atomic mass is 10.3. The number of halogens is 2. The van der Waals surface area contributed by atoms with E-state index in [4.69, 9.17) is 16.7 Å². The molecule has 1 aromatic carbocycles. The number of anilines is 1. The Kier molecular flexibility index (Phi) is 5.10. The average molecular weight is 311 g/mol. The zero-order chi connectivity index (χ0) is 14.6. The molecule has 6 nitrogen and oxygen atoms in total. The van der Waals surface area contributed by atoms with Crippen LogP contribution in [0.3, 0.4) is 0 Å². The van der Waals surface area contributed by atoms with Gasteiger partial charge in [0.25, 0.3) is 0 Å². The molecule has 0 radical (unpaired) electrons. The Bertz CT molecular complexity index is 579. The molecular weight excluding hydrogens is 299 g/mol. The molecule has 0 saturated carbocycles. The van der Waals surface area contributed by atoms with Crippen LogP contribution in [0.4, 0.5) is 10.1 Å². The molecule has 2 N–H and O–H groups in total. The SMILES string of the molecule is CN(CCC(=O)O)S(=O)(=O)Nc1ccc(Cl)cc1F. The molecule has 0 atom stereocenters. The van der Waals surface area contributed by atoms with E-state index in [1.54, 1.807) is 0 Å². The predicted molar refractivity (Wildman–Crippen MR) is 68.8 cm³/mol. The molecule has 0 aromatic heterocycles. The number of carboxylic acid groups (broad SMARTS) is 1. The highest BCUT2D eigenvalue weighted by atomic mass is 35.5. The first kappa shape index (κ1) is 15.7. The van der Waals surface area contributed by atoms with E-state index in [0.717, 1.165) is 10.4 Å². The van der Waals surface area contributed by atoms with E-state index in [-0.39, 0.29) is 23.7 Å². The number of carbonyl (C=O) groups is 1. The topological polar surface area (TPSA) is 86.7 Å². The van der Waals surface area contributed by atoms with Crippen molar-refractivity contribution in [1.82, 2.24) is 4.31 Å². The second kappa shape index (κ2) is 6.18. The van der Waals surface area contributed by atoms with Gasteiger partial charge in [-0.3, -0.25) is 9.52 Å². The summed E-state index contributed by atoms with van der Waals surface area (Å²) in [6.45, 7) is -0.222. The summed E-state index contributed by atoms with van der Waals surface area (Å²) >= 11 is 5.54. The molecule has 0 aliphatic carbocycles. The van der Waals surface area contributed by atoms with Crippen LogP contribution in [0.1, 0.15) is 6.42 Å². The van der Waals surface area contributed by atoms with Gasteiger partial charge in [-0.25, -0.2) is 4.39 Å². The third-order valence-corrected chi connectivity index (χ3v) is 3.94. The lowest BCUT2D eigenvalue weighted by Gasteiger charge is -2.17. The highest BCUT2D eigenvalue weighted by Crippen LogP contribution is 2.20. The normalized spacial score (nSPS) is 11.6. The quantitative estimate of drug-likeness (QED) is 0.834. The Hall–Kier alpha value is -1.38. The zero-order valence-electron chi connectivity index (χ0n) is 9.93. The molecule has 0 fully saturated rings. The van der Waals surface area contributed by atoms with Gasteiger partial charge in [0.05, 0.1) is 12.1 Å². The minimum absolute atomic E-state index is 0.139. The van der Waals surface area contributed by atoms with Gasteiger partial charge >= 0.3 is 16.2 Å². The number of nitrogens with zero attached hydrogens (tertiary/aromatic N) is 1. The zero-order valence-corrected chi connectivity index (χ0v) is 11.5. The van der Waals surface area contributed by atoms with Crippen LogP contribution in [0.25, 0.3) is 0 Å². The number of aliphatic carboxylic acids is 1. The fourth-order valence-corrected chi connectivity index (χ4v) is 2.25. The Morgan fingerprint density at radius 2 is 2.16 bits per heavy atom. The van der Waals surface area contributed by atoms with Crippen molar-refractivity contribution in [2.45, 2.75) is 6.42 Å². The highest BCUT2D eigenvalue weighted by Gasteiger charge is 2.19. The molecule has 9 heteroatoms. The van der Waals surface area contributed by atoms with E-state index < -0.39 is 22.0 Å². The molecule has 1 rings (SSSR count). The summed E-state index contributed by atoms with van der Waals surface area (Å²) in [5.74, 6) is -1.94. The standard InChI is InChI=1S/C10H12ClFN2O4S/c1-14(5-4-10(15)16)19(17,18)13-9-3-2-7(11)6-8(9)12/h2-3,6,13H,4-5H2,1H3,(H,15,16). The summed E-state index contributed by atoms with van der Waals surface area (Å²) in [7, 11) is -2.81. The first-order valence-electron chi connectivity index (χ1n) is 5.13. The van der Waals surface area contributed by atoms with E-state index in [0.29, 0.717) is 0 Å². The molecule has 1 aromatic rings. The number of rotatable bonds is 6. The summed E-state index contributed by atoms with van der Waals surface area (Å²) in [6, 6.07) is 3.48. The molecule has 0 bridgehead atoms. The molecule has 106 valence electrons. The summed E-state index contributed by atoms with van der Waals surface area (Å²) < 4.78 is 39.8. The van der Waals surface area contributed by atoms with Gasteiger partial charge in [0.15, 0.2) is 0 Å². The van der Waals surface area contributed by atoms with Gasteiger partial charge in [-0.15, -0.1) is 0 Å². The van der Waals surface area contributed by atoms with Gasteiger partial charge in [0, 0.05) is 18.6 Å². The molecule has 19 heavy (non-hydrogen) atoms. The maximum absolute atomic E-state index is 13.4. The van der Waals surface area contributed by atoms with Crippen LogP contribution in [-0.4, -0.2) is 37.4 Å². The summed E-state index contributed by atoms with van der Waals surface area (Å²) in [5, 5.41) is 8.61. The van der Waals surface area contributed by atoms with Crippen LogP contribution >= 0.6 is 11.6 Å². The predicted octanol–water partition coefficient (Wildman–Crippen LogP) is 1.54. The van der Waals surface area contributed by atoms with Gasteiger partial charge in [0.2, 0.25) is 0 Å². The van der Waals surface area contributed by atoms with Gasteiger partial charge < -0.3 is 5.11 Å². The van der Waals surface area contributed by atoms with Crippen molar-refractivity contribution in [3.63, 3.8) is 0 Å². The first-order valence-corrected chi connectivity index (χ1v) is 6.95. The highest BCUT2D eigenvalue weighted by molar-refractivity contribution is 7.90. The van der Waals surface area contributed by atoms with Crippen molar-refractivity contribution in [2.75, 3.05) is 18.3 Å². The summed E-state index contributed by atoms with van der Waals surface area (Å²) in [4.78, 5) is 10.4. The van der Waals surface area contributed by atoms with Crippen LogP contribution in [0.2, 0.25) is 5.02 Å². The van der Waals surface area contributed by atoms with E-state index in [2.05, 4.69) is 0 Å². The Morgan fingerprint density at radius 3 is 2.68 bits per heavy atom. The van der Waals surface area contributed by atoms with Crippen molar-refractivity contribution in [3.8, 4) is 0 Å². The molecule has 0 aliphatic heterocycles. The number of carboxylic acids is 1. The number of benzene rings is 1. The van der Waals surface area contributed by atoms with E-state index in [9.17, 15) is 17.6 Å². The third kappa shape index (κ3) is 4.66. The minimum Gasteiger partial charge on any atom is -0.481 e. The molecule has 0 unspecified atom stereocenters. The third-order valence-electron chi connectivity index (χ3n) is 2.22. The van der Waals surface area contributed by atoms with E-state index >= 15 is 0 Å². The van der Waals surface area contributed by atoms with Crippen LogP contribution in [0, 0.1) is 5.82 Å². The van der Waals surface area contributed by atoms with Crippen molar-refractivity contribution >= 4 is 33.5 Å². The lowest BCUT2D eigenvalue weighted by Crippen LogP contribution is -2.34. The van der Waals surface area contributed by atoms with E-state index in [1.165, 1.54) is 19.2 Å². The molecule has 0 aliphatic rings. The maximum Gasteiger partial charge on any atom is 0.304 e. The van der Waals surface area contributed by atoms with Gasteiger partial charge in [0.1, 0.15) is 5.82 Å².